The lowest BCUT2D eigenvalue weighted by molar-refractivity contribution is 0.0571. The first-order chi connectivity index (χ1) is 13.2. The lowest BCUT2D eigenvalue weighted by Gasteiger charge is -2.42. The third-order valence-corrected chi connectivity index (χ3v) is 6.28. The molecule has 4 nitrogen and oxygen atoms in total. The monoisotopic (exact) mass is 363 g/mol. The van der Waals surface area contributed by atoms with E-state index in [2.05, 4.69) is 41.1 Å². The number of amides is 1. The normalized spacial score (nSPS) is 22.0. The molecule has 2 aliphatic rings. The van der Waals surface area contributed by atoms with Crippen molar-refractivity contribution in [1.29, 1.82) is 0 Å². The second kappa shape index (κ2) is 8.22. The van der Waals surface area contributed by atoms with E-state index < -0.39 is 0 Å². The Balaban J connectivity index is 1.35. The Morgan fingerprint density at radius 1 is 1.00 bits per heavy atom. The molecule has 4 rings (SSSR count). The van der Waals surface area contributed by atoms with E-state index in [1.807, 2.05) is 17.0 Å². The molecule has 4 heteroatoms. The number of aromatic nitrogens is 1. The average molecular weight is 364 g/mol. The van der Waals surface area contributed by atoms with Crippen molar-refractivity contribution < 1.29 is 4.79 Å². The summed E-state index contributed by atoms with van der Waals surface area (Å²) in [7, 11) is 0. The van der Waals surface area contributed by atoms with Gasteiger partial charge in [0.15, 0.2) is 0 Å². The number of carbonyl (C=O) groups excluding carboxylic acids is 1. The first-order valence-corrected chi connectivity index (χ1v) is 10.2. The zero-order chi connectivity index (χ0) is 18.6. The first kappa shape index (κ1) is 18.2. The molecule has 1 aromatic carbocycles. The lowest BCUT2D eigenvalue weighted by Crippen LogP contribution is -2.49. The maximum absolute atomic E-state index is 12.6. The van der Waals surface area contributed by atoms with Gasteiger partial charge in [0.25, 0.3) is 5.91 Å². The number of benzene rings is 1. The molecule has 2 aliphatic heterocycles. The van der Waals surface area contributed by atoms with Gasteiger partial charge < -0.3 is 4.90 Å². The second-order valence-electron chi connectivity index (χ2n) is 7.95. The zero-order valence-corrected chi connectivity index (χ0v) is 16.2. The molecule has 142 valence electrons. The Kier molecular flexibility index (Phi) is 5.53. The maximum atomic E-state index is 12.6. The van der Waals surface area contributed by atoms with Gasteiger partial charge in [0.1, 0.15) is 0 Å². The average Bonchev–Trinajstić information content (AvgIpc) is 2.74. The predicted molar refractivity (Wildman–Crippen MR) is 108 cm³/mol. The summed E-state index contributed by atoms with van der Waals surface area (Å²) in [6, 6.07) is 13.1. The Bertz CT molecular complexity index is 768. The highest BCUT2D eigenvalue weighted by molar-refractivity contribution is 5.94. The molecule has 3 heterocycles. The molecule has 2 saturated heterocycles. The Morgan fingerprint density at radius 3 is 2.48 bits per heavy atom. The van der Waals surface area contributed by atoms with E-state index in [9.17, 15) is 4.79 Å². The maximum Gasteiger partial charge on any atom is 0.253 e. The molecule has 2 fully saturated rings. The van der Waals surface area contributed by atoms with Gasteiger partial charge in [0.2, 0.25) is 0 Å². The molecule has 1 amide bonds. The number of hydrogen-bond donors (Lipinski definition) is 0. The van der Waals surface area contributed by atoms with E-state index in [1.54, 1.807) is 12.4 Å². The predicted octanol–water partition coefficient (Wildman–Crippen LogP) is 3.87. The van der Waals surface area contributed by atoms with Crippen LogP contribution in [0.1, 0.15) is 53.1 Å². The summed E-state index contributed by atoms with van der Waals surface area (Å²) in [4.78, 5) is 21.3. The third kappa shape index (κ3) is 4.06. The van der Waals surface area contributed by atoms with Crippen LogP contribution in [0, 0.1) is 6.92 Å². The molecule has 0 radical (unpaired) electrons. The molecular formula is C23H29N3O. The quantitative estimate of drug-likeness (QED) is 0.830. The van der Waals surface area contributed by atoms with Gasteiger partial charge in [-0.1, -0.05) is 24.3 Å². The van der Waals surface area contributed by atoms with Crippen LogP contribution in [0.5, 0.6) is 0 Å². The fraction of sp³-hybridized carbons (Fsp3) is 0.478. The number of rotatable bonds is 3. The molecule has 27 heavy (non-hydrogen) atoms. The van der Waals surface area contributed by atoms with Gasteiger partial charge in [-0.25, -0.2) is 0 Å². The number of nitrogens with zero attached hydrogens (tertiary/aromatic N) is 3. The van der Waals surface area contributed by atoms with Crippen LogP contribution in [0.25, 0.3) is 0 Å². The van der Waals surface area contributed by atoms with Gasteiger partial charge >= 0.3 is 0 Å². The van der Waals surface area contributed by atoms with Gasteiger partial charge in [-0.3, -0.25) is 14.7 Å². The Labute approximate surface area is 162 Å². The summed E-state index contributed by atoms with van der Waals surface area (Å²) in [6.45, 7) is 6.31. The second-order valence-corrected chi connectivity index (χ2v) is 7.95. The fourth-order valence-corrected chi connectivity index (χ4v) is 4.75. The topological polar surface area (TPSA) is 36.4 Å². The molecule has 0 spiro atoms. The minimum absolute atomic E-state index is 0.146. The molecule has 1 aromatic heterocycles. The molecule has 0 aliphatic carbocycles. The van der Waals surface area contributed by atoms with Gasteiger partial charge in [-0.05, 0) is 68.3 Å². The van der Waals surface area contributed by atoms with Crippen molar-refractivity contribution >= 4 is 5.91 Å². The third-order valence-electron chi connectivity index (χ3n) is 6.28. The van der Waals surface area contributed by atoms with Gasteiger partial charge in [0.05, 0.1) is 0 Å². The minimum Gasteiger partial charge on any atom is -0.339 e. The van der Waals surface area contributed by atoms with Crippen LogP contribution >= 0.6 is 0 Å². The van der Waals surface area contributed by atoms with E-state index in [-0.39, 0.29) is 5.91 Å². The van der Waals surface area contributed by atoms with Crippen LogP contribution in [0.2, 0.25) is 0 Å². The SMILES string of the molecule is Cc1ccccc1C1CCCN(C2CCN(C(=O)c3ccncc3)CC2)C1. The first-order valence-electron chi connectivity index (χ1n) is 10.2. The van der Waals surface area contributed by atoms with Crippen molar-refractivity contribution in [3.63, 3.8) is 0 Å². The summed E-state index contributed by atoms with van der Waals surface area (Å²) >= 11 is 0. The zero-order valence-electron chi connectivity index (χ0n) is 16.2. The van der Waals surface area contributed by atoms with Gasteiger partial charge in [-0.15, -0.1) is 0 Å². The number of aryl methyl sites for hydroxylation is 1. The molecular weight excluding hydrogens is 334 g/mol. The molecule has 0 bridgehead atoms. The van der Waals surface area contributed by atoms with Crippen molar-refractivity contribution in [2.45, 2.75) is 44.6 Å². The molecule has 0 N–H and O–H groups in total. The van der Waals surface area contributed by atoms with Crippen molar-refractivity contribution in [3.05, 3.63) is 65.5 Å². The number of pyridine rings is 1. The number of carbonyl (C=O) groups is 1. The summed E-state index contributed by atoms with van der Waals surface area (Å²) < 4.78 is 0. The molecule has 0 saturated carbocycles. The fourth-order valence-electron chi connectivity index (χ4n) is 4.75. The van der Waals surface area contributed by atoms with Crippen LogP contribution in [0.15, 0.2) is 48.8 Å². The van der Waals surface area contributed by atoms with Crippen molar-refractivity contribution in [2.24, 2.45) is 0 Å². The largest absolute Gasteiger partial charge is 0.339 e. The lowest BCUT2D eigenvalue weighted by atomic mass is 9.86. The number of likely N-dealkylation sites (tertiary alicyclic amines) is 2. The van der Waals surface area contributed by atoms with E-state index in [4.69, 9.17) is 0 Å². The van der Waals surface area contributed by atoms with Gasteiger partial charge in [0, 0.05) is 43.6 Å². The summed E-state index contributed by atoms with van der Waals surface area (Å²) in [5.41, 5.74) is 3.69. The molecule has 1 atom stereocenters. The summed E-state index contributed by atoms with van der Waals surface area (Å²) in [6.07, 6.45) is 8.11. The van der Waals surface area contributed by atoms with Crippen molar-refractivity contribution in [2.75, 3.05) is 26.2 Å². The van der Waals surface area contributed by atoms with E-state index in [0.29, 0.717) is 12.0 Å². The van der Waals surface area contributed by atoms with Crippen molar-refractivity contribution in [3.8, 4) is 0 Å². The molecule has 1 unspecified atom stereocenters. The van der Waals surface area contributed by atoms with Gasteiger partial charge in [-0.2, -0.15) is 0 Å². The van der Waals surface area contributed by atoms with Crippen LogP contribution in [0.3, 0.4) is 0 Å². The van der Waals surface area contributed by atoms with Crippen LogP contribution in [0.4, 0.5) is 0 Å². The molecule has 2 aromatic rings. The van der Waals surface area contributed by atoms with E-state index in [0.717, 1.165) is 38.0 Å². The van der Waals surface area contributed by atoms with Crippen molar-refractivity contribution in [1.82, 2.24) is 14.8 Å². The highest BCUT2D eigenvalue weighted by Gasteiger charge is 2.31. The van der Waals surface area contributed by atoms with Crippen LogP contribution < -0.4 is 0 Å². The number of hydrogen-bond acceptors (Lipinski definition) is 3. The van der Waals surface area contributed by atoms with Crippen LogP contribution in [-0.2, 0) is 0 Å². The number of piperidine rings is 2. The summed E-state index contributed by atoms with van der Waals surface area (Å²) in [5.74, 6) is 0.795. The highest BCUT2D eigenvalue weighted by Crippen LogP contribution is 2.31. The van der Waals surface area contributed by atoms with E-state index >= 15 is 0 Å². The smallest absolute Gasteiger partial charge is 0.253 e. The van der Waals surface area contributed by atoms with E-state index in [1.165, 1.54) is 30.5 Å². The summed E-state index contributed by atoms with van der Waals surface area (Å²) in [5, 5.41) is 0. The van der Waals surface area contributed by atoms with Crippen LogP contribution in [-0.4, -0.2) is 52.9 Å². The standard InChI is InChI=1S/C23H29N3O/c1-18-5-2-3-7-22(18)20-6-4-14-26(17-20)21-10-15-25(16-11-21)23(27)19-8-12-24-13-9-19/h2-3,5,7-9,12-13,20-21H,4,6,10-11,14-17H2,1H3. The minimum atomic E-state index is 0.146. The highest BCUT2D eigenvalue weighted by atomic mass is 16.2. The Morgan fingerprint density at radius 2 is 1.74 bits per heavy atom. The Hall–Kier alpha value is -2.20.